The van der Waals surface area contributed by atoms with E-state index in [0.29, 0.717) is 5.92 Å². The Labute approximate surface area is 118 Å². The van der Waals surface area contributed by atoms with Crippen molar-refractivity contribution in [2.24, 2.45) is 5.92 Å². The van der Waals surface area contributed by atoms with Crippen molar-refractivity contribution in [1.82, 2.24) is 10.3 Å². The first kappa shape index (κ1) is 13.0. The monoisotopic (exact) mass is 271 g/mol. The highest BCUT2D eigenvalue weighted by Gasteiger charge is 2.14. The van der Waals surface area contributed by atoms with Gasteiger partial charge in [0.25, 0.3) is 0 Å². The molecule has 0 saturated heterocycles. The summed E-state index contributed by atoms with van der Waals surface area (Å²) in [5.74, 6) is 0.654. The van der Waals surface area contributed by atoms with Gasteiger partial charge in [-0.25, -0.2) is 4.79 Å². The lowest BCUT2D eigenvalue weighted by Gasteiger charge is -2.21. The largest absolute Gasteiger partial charge is 0.361 e. The minimum absolute atomic E-state index is 0.106. The summed E-state index contributed by atoms with van der Waals surface area (Å²) in [5, 5.41) is 6.99. The van der Waals surface area contributed by atoms with E-state index in [1.165, 1.54) is 32.1 Å². The van der Waals surface area contributed by atoms with Crippen LogP contribution in [0.5, 0.6) is 0 Å². The second kappa shape index (κ2) is 5.99. The van der Waals surface area contributed by atoms with Crippen molar-refractivity contribution in [3.05, 3.63) is 30.5 Å². The number of amides is 2. The summed E-state index contributed by atoms with van der Waals surface area (Å²) in [6, 6.07) is 7.77. The second-order valence-electron chi connectivity index (χ2n) is 5.62. The lowest BCUT2D eigenvalue weighted by molar-refractivity contribution is 0.247. The van der Waals surface area contributed by atoms with E-state index in [0.717, 1.165) is 23.1 Å². The molecule has 1 aliphatic rings. The maximum absolute atomic E-state index is 11.9. The second-order valence-corrected chi connectivity index (χ2v) is 5.62. The molecule has 0 atom stereocenters. The number of carbonyl (C=O) groups excluding carboxylic acids is 1. The fraction of sp³-hybridized carbons (Fsp3) is 0.438. The van der Waals surface area contributed by atoms with Crippen molar-refractivity contribution in [2.45, 2.75) is 32.1 Å². The SMILES string of the molecule is O=C(NCC1CCCCC1)Nc1ccc2[nH]ccc2c1. The van der Waals surface area contributed by atoms with E-state index >= 15 is 0 Å². The zero-order valence-electron chi connectivity index (χ0n) is 11.6. The van der Waals surface area contributed by atoms with Crippen LogP contribution in [0.25, 0.3) is 10.9 Å². The zero-order chi connectivity index (χ0) is 13.8. The predicted octanol–water partition coefficient (Wildman–Crippen LogP) is 3.87. The summed E-state index contributed by atoms with van der Waals surface area (Å²) < 4.78 is 0. The highest BCUT2D eigenvalue weighted by Crippen LogP contribution is 2.23. The number of fused-ring (bicyclic) bond motifs is 1. The standard InChI is InChI=1S/C16H21N3O/c20-16(18-11-12-4-2-1-3-5-12)19-14-6-7-15-13(10-14)8-9-17-15/h6-10,12,17H,1-5,11H2,(H2,18,19,20). The van der Waals surface area contributed by atoms with E-state index in [9.17, 15) is 4.79 Å². The molecule has 4 nitrogen and oxygen atoms in total. The van der Waals surface area contributed by atoms with E-state index in [-0.39, 0.29) is 6.03 Å². The van der Waals surface area contributed by atoms with Gasteiger partial charge in [-0.2, -0.15) is 0 Å². The number of carbonyl (C=O) groups is 1. The molecule has 0 unspecified atom stereocenters. The van der Waals surface area contributed by atoms with Gasteiger partial charge in [-0.3, -0.25) is 0 Å². The third kappa shape index (κ3) is 3.13. The van der Waals surface area contributed by atoms with Gasteiger partial charge in [-0.15, -0.1) is 0 Å². The molecule has 2 aromatic rings. The molecule has 1 fully saturated rings. The molecule has 0 radical (unpaired) electrons. The number of aromatic nitrogens is 1. The molecular weight excluding hydrogens is 250 g/mol. The summed E-state index contributed by atoms with van der Waals surface area (Å²) in [6.07, 6.45) is 8.35. The van der Waals surface area contributed by atoms with Crippen molar-refractivity contribution >= 4 is 22.6 Å². The van der Waals surface area contributed by atoms with Crippen LogP contribution in [0.15, 0.2) is 30.5 Å². The number of H-pyrrole nitrogens is 1. The third-order valence-electron chi connectivity index (χ3n) is 4.09. The number of anilines is 1. The average Bonchev–Trinajstić information content (AvgIpc) is 2.94. The fourth-order valence-electron chi connectivity index (χ4n) is 2.93. The van der Waals surface area contributed by atoms with Crippen LogP contribution in [0.2, 0.25) is 0 Å². The van der Waals surface area contributed by atoms with Crippen LogP contribution in [0, 0.1) is 5.92 Å². The quantitative estimate of drug-likeness (QED) is 0.779. The minimum atomic E-state index is -0.106. The minimum Gasteiger partial charge on any atom is -0.361 e. The first-order chi connectivity index (χ1) is 9.81. The maximum atomic E-state index is 11.9. The molecule has 4 heteroatoms. The molecule has 1 aliphatic carbocycles. The summed E-state index contributed by atoms with van der Waals surface area (Å²) in [4.78, 5) is 15.0. The van der Waals surface area contributed by atoms with E-state index in [1.54, 1.807) is 0 Å². The van der Waals surface area contributed by atoms with Crippen LogP contribution in [0.4, 0.5) is 10.5 Å². The first-order valence-corrected chi connectivity index (χ1v) is 7.43. The number of benzene rings is 1. The molecule has 1 aromatic carbocycles. The third-order valence-corrected chi connectivity index (χ3v) is 4.09. The first-order valence-electron chi connectivity index (χ1n) is 7.43. The molecule has 1 aromatic heterocycles. The highest BCUT2D eigenvalue weighted by molar-refractivity contribution is 5.92. The van der Waals surface area contributed by atoms with Gasteiger partial charge < -0.3 is 15.6 Å². The molecule has 106 valence electrons. The highest BCUT2D eigenvalue weighted by atomic mass is 16.2. The van der Waals surface area contributed by atoms with Crippen LogP contribution in [-0.2, 0) is 0 Å². The molecule has 2 amide bonds. The van der Waals surface area contributed by atoms with Crippen LogP contribution >= 0.6 is 0 Å². The van der Waals surface area contributed by atoms with Crippen LogP contribution in [0.3, 0.4) is 0 Å². The molecule has 1 heterocycles. The van der Waals surface area contributed by atoms with E-state index < -0.39 is 0 Å². The van der Waals surface area contributed by atoms with Gasteiger partial charge in [-0.05, 0) is 43.0 Å². The zero-order valence-corrected chi connectivity index (χ0v) is 11.6. The topological polar surface area (TPSA) is 56.9 Å². The van der Waals surface area contributed by atoms with Gasteiger partial charge in [0.05, 0.1) is 0 Å². The summed E-state index contributed by atoms with van der Waals surface area (Å²) in [5.41, 5.74) is 1.91. The van der Waals surface area contributed by atoms with Gasteiger partial charge in [0.15, 0.2) is 0 Å². The maximum Gasteiger partial charge on any atom is 0.319 e. The van der Waals surface area contributed by atoms with E-state index in [4.69, 9.17) is 0 Å². The van der Waals surface area contributed by atoms with Gasteiger partial charge in [-0.1, -0.05) is 19.3 Å². The Bertz CT molecular complexity index is 584. The number of aromatic amines is 1. The molecule has 0 aliphatic heterocycles. The van der Waals surface area contributed by atoms with Gasteiger partial charge >= 0.3 is 6.03 Å². The Kier molecular flexibility index (Phi) is 3.90. The van der Waals surface area contributed by atoms with Crippen LogP contribution in [-0.4, -0.2) is 17.6 Å². The van der Waals surface area contributed by atoms with Crippen molar-refractivity contribution in [2.75, 3.05) is 11.9 Å². The van der Waals surface area contributed by atoms with E-state index in [1.807, 2.05) is 30.5 Å². The Morgan fingerprint density at radius 3 is 2.90 bits per heavy atom. The molecule has 20 heavy (non-hydrogen) atoms. The van der Waals surface area contributed by atoms with Crippen molar-refractivity contribution in [3.8, 4) is 0 Å². The number of hydrogen-bond donors (Lipinski definition) is 3. The van der Waals surface area contributed by atoms with Crippen molar-refractivity contribution in [1.29, 1.82) is 0 Å². The summed E-state index contributed by atoms with van der Waals surface area (Å²) >= 11 is 0. The lowest BCUT2D eigenvalue weighted by Crippen LogP contribution is -2.33. The average molecular weight is 271 g/mol. The smallest absolute Gasteiger partial charge is 0.319 e. The lowest BCUT2D eigenvalue weighted by atomic mass is 9.89. The van der Waals surface area contributed by atoms with Crippen molar-refractivity contribution in [3.63, 3.8) is 0 Å². The number of hydrogen-bond acceptors (Lipinski definition) is 1. The number of nitrogens with one attached hydrogen (secondary N) is 3. The number of rotatable bonds is 3. The van der Waals surface area contributed by atoms with Crippen LogP contribution in [0.1, 0.15) is 32.1 Å². The Balaban J connectivity index is 1.52. The molecular formula is C16H21N3O. The molecule has 0 spiro atoms. The molecule has 1 saturated carbocycles. The fourth-order valence-corrected chi connectivity index (χ4v) is 2.93. The summed E-state index contributed by atoms with van der Waals surface area (Å²) in [6.45, 7) is 0.790. The molecule has 3 N–H and O–H groups in total. The Morgan fingerprint density at radius 1 is 1.20 bits per heavy atom. The van der Waals surface area contributed by atoms with Gasteiger partial charge in [0.2, 0.25) is 0 Å². The van der Waals surface area contributed by atoms with Crippen LogP contribution < -0.4 is 10.6 Å². The van der Waals surface area contributed by atoms with Gasteiger partial charge in [0.1, 0.15) is 0 Å². The van der Waals surface area contributed by atoms with E-state index in [2.05, 4.69) is 15.6 Å². The normalized spacial score (nSPS) is 16.2. The van der Waals surface area contributed by atoms with Crippen molar-refractivity contribution < 1.29 is 4.79 Å². The molecule has 3 rings (SSSR count). The number of urea groups is 1. The Hall–Kier alpha value is -1.97. The van der Waals surface area contributed by atoms with Gasteiger partial charge in [0, 0.05) is 29.3 Å². The summed E-state index contributed by atoms with van der Waals surface area (Å²) in [7, 11) is 0. The molecule has 0 bridgehead atoms. The Morgan fingerprint density at radius 2 is 2.05 bits per heavy atom. The predicted molar refractivity (Wildman–Crippen MR) is 81.9 cm³/mol.